The number of nitrogens with zero attached hydrogens (tertiary/aromatic N) is 1. The molecule has 0 amide bonds. The zero-order chi connectivity index (χ0) is 37.3. The van der Waals surface area contributed by atoms with Crippen LogP contribution in [0.5, 0.6) is 0 Å². The Morgan fingerprint density at radius 3 is 0.964 bits per heavy atom. The molecule has 0 atom stereocenters. The van der Waals surface area contributed by atoms with E-state index in [1.54, 1.807) is 0 Å². The molecule has 56 heavy (non-hydrogen) atoms. The molecule has 0 bridgehead atoms. The maximum Gasteiger partial charge on any atom is 0.135 e. The largest absolute Gasteiger partial charge is 0.456 e. The number of para-hydroxylation sites is 1. The first kappa shape index (κ1) is 33.2. The van der Waals surface area contributed by atoms with Gasteiger partial charge in [0.2, 0.25) is 0 Å². The lowest BCUT2D eigenvalue weighted by atomic mass is 9.98. The van der Waals surface area contributed by atoms with E-state index in [2.05, 4.69) is 217 Å². The maximum atomic E-state index is 6.06. The van der Waals surface area contributed by atoms with E-state index in [0.29, 0.717) is 0 Å². The van der Waals surface area contributed by atoms with Crippen LogP contribution in [0.4, 0.5) is 17.1 Å². The van der Waals surface area contributed by atoms with Crippen molar-refractivity contribution in [3.63, 3.8) is 0 Å². The molecular weight excluding hydrogens is 679 g/mol. The quantitative estimate of drug-likeness (QED) is 0.156. The second kappa shape index (κ2) is 14.4. The van der Waals surface area contributed by atoms with Crippen LogP contribution in [0.25, 0.3) is 77.6 Å². The van der Waals surface area contributed by atoms with Gasteiger partial charge in [-0.15, -0.1) is 0 Å². The van der Waals surface area contributed by atoms with Crippen LogP contribution in [0.2, 0.25) is 0 Å². The zero-order valence-corrected chi connectivity index (χ0v) is 30.7. The van der Waals surface area contributed by atoms with Crippen molar-refractivity contribution in [2.45, 2.75) is 0 Å². The van der Waals surface area contributed by atoms with Crippen molar-refractivity contribution in [2.24, 2.45) is 0 Å². The maximum absolute atomic E-state index is 6.06. The number of fused-ring (bicyclic) bond motifs is 3. The molecule has 0 spiro atoms. The minimum absolute atomic E-state index is 0.914. The van der Waals surface area contributed by atoms with E-state index in [9.17, 15) is 0 Å². The highest BCUT2D eigenvalue weighted by molar-refractivity contribution is 6.06. The fourth-order valence-electron chi connectivity index (χ4n) is 7.73. The van der Waals surface area contributed by atoms with Gasteiger partial charge in [-0.1, -0.05) is 170 Å². The summed E-state index contributed by atoms with van der Waals surface area (Å²) in [4.78, 5) is 2.33. The number of hydrogen-bond acceptors (Lipinski definition) is 2. The van der Waals surface area contributed by atoms with E-state index in [1.165, 1.54) is 55.6 Å². The lowest BCUT2D eigenvalue weighted by molar-refractivity contribution is 0.669. The van der Waals surface area contributed by atoms with Gasteiger partial charge in [-0.25, -0.2) is 0 Å². The van der Waals surface area contributed by atoms with Gasteiger partial charge in [-0.2, -0.15) is 0 Å². The Morgan fingerprint density at radius 2 is 0.536 bits per heavy atom. The Hall–Kier alpha value is -7.42. The number of furan rings is 1. The molecule has 9 aromatic carbocycles. The van der Waals surface area contributed by atoms with Crippen molar-refractivity contribution >= 4 is 39.0 Å². The van der Waals surface area contributed by atoms with Crippen molar-refractivity contribution in [3.05, 3.63) is 224 Å². The third kappa shape index (κ3) is 6.44. The molecule has 0 fully saturated rings. The molecule has 0 saturated carbocycles. The smallest absolute Gasteiger partial charge is 0.135 e. The monoisotopic (exact) mass is 715 g/mol. The first-order chi connectivity index (χ1) is 27.7. The van der Waals surface area contributed by atoms with Crippen LogP contribution in [0.3, 0.4) is 0 Å². The van der Waals surface area contributed by atoms with Gasteiger partial charge in [0.15, 0.2) is 0 Å². The van der Waals surface area contributed by atoms with Crippen molar-refractivity contribution < 1.29 is 4.42 Å². The van der Waals surface area contributed by atoms with Gasteiger partial charge >= 0.3 is 0 Å². The molecule has 2 nitrogen and oxygen atoms in total. The molecule has 0 saturated heterocycles. The van der Waals surface area contributed by atoms with Crippen molar-refractivity contribution in [3.8, 4) is 55.6 Å². The van der Waals surface area contributed by atoms with Crippen LogP contribution < -0.4 is 4.90 Å². The Morgan fingerprint density at radius 1 is 0.232 bits per heavy atom. The standard InChI is InChI=1S/C54H37NO/c1-3-9-38(10-4-1)40-15-17-41(18-16-40)44-25-32-49(33-26-44)55(48-30-23-43(24-31-48)39-11-5-2-6-12-39)50-34-27-45(28-35-50)42-19-21-46(22-20-42)47-29-36-54-52(37-47)51-13-7-8-14-53(51)56-54/h1-37H. The van der Waals surface area contributed by atoms with Crippen molar-refractivity contribution in [1.29, 1.82) is 0 Å². The molecule has 1 heterocycles. The van der Waals surface area contributed by atoms with Gasteiger partial charge in [0.1, 0.15) is 11.2 Å². The number of anilines is 3. The minimum Gasteiger partial charge on any atom is -0.456 e. The molecule has 0 aliphatic carbocycles. The normalized spacial score (nSPS) is 11.2. The SMILES string of the molecule is c1ccc(-c2ccc(-c3ccc(N(c4ccc(-c5ccccc5)cc4)c4ccc(-c5ccc(-c6ccc7oc8ccccc8c7c6)cc5)cc4)cc3)cc2)cc1. The molecule has 10 aromatic rings. The summed E-state index contributed by atoms with van der Waals surface area (Å²) >= 11 is 0. The third-order valence-electron chi connectivity index (χ3n) is 10.7. The Balaban J connectivity index is 0.944. The van der Waals surface area contributed by atoms with Crippen molar-refractivity contribution in [1.82, 2.24) is 0 Å². The summed E-state index contributed by atoms with van der Waals surface area (Å²) < 4.78 is 6.06. The van der Waals surface area contributed by atoms with Crippen LogP contribution >= 0.6 is 0 Å². The van der Waals surface area contributed by atoms with E-state index < -0.39 is 0 Å². The lowest BCUT2D eigenvalue weighted by Crippen LogP contribution is -2.09. The number of benzene rings is 9. The Kier molecular flexibility index (Phi) is 8.55. The molecular formula is C54H37NO. The molecule has 0 aliphatic rings. The van der Waals surface area contributed by atoms with E-state index in [-0.39, 0.29) is 0 Å². The molecule has 264 valence electrons. The Labute approximate surface area is 327 Å². The molecule has 0 N–H and O–H groups in total. The van der Waals surface area contributed by atoms with Crippen molar-refractivity contribution in [2.75, 3.05) is 4.90 Å². The fraction of sp³-hybridized carbons (Fsp3) is 0. The molecule has 2 heteroatoms. The lowest BCUT2D eigenvalue weighted by Gasteiger charge is -2.26. The molecule has 0 unspecified atom stereocenters. The topological polar surface area (TPSA) is 16.4 Å². The average molecular weight is 716 g/mol. The molecule has 10 rings (SSSR count). The molecule has 0 aliphatic heterocycles. The van der Waals surface area contributed by atoms with Crippen LogP contribution in [-0.4, -0.2) is 0 Å². The highest BCUT2D eigenvalue weighted by Crippen LogP contribution is 2.39. The van der Waals surface area contributed by atoms with Gasteiger partial charge < -0.3 is 9.32 Å². The average Bonchev–Trinajstić information content (AvgIpc) is 3.66. The van der Waals surface area contributed by atoms with Gasteiger partial charge in [-0.3, -0.25) is 0 Å². The summed E-state index contributed by atoms with van der Waals surface area (Å²) in [5.74, 6) is 0. The van der Waals surface area contributed by atoms with Gasteiger partial charge in [-0.05, 0) is 110 Å². The number of hydrogen-bond donors (Lipinski definition) is 0. The minimum atomic E-state index is 0.914. The van der Waals surface area contributed by atoms with Crippen LogP contribution in [0.15, 0.2) is 229 Å². The van der Waals surface area contributed by atoms with Crippen LogP contribution in [0.1, 0.15) is 0 Å². The second-order valence-electron chi connectivity index (χ2n) is 14.2. The van der Waals surface area contributed by atoms with Crippen LogP contribution in [-0.2, 0) is 0 Å². The van der Waals surface area contributed by atoms with E-state index in [1.807, 2.05) is 12.1 Å². The fourth-order valence-corrected chi connectivity index (χ4v) is 7.73. The summed E-state index contributed by atoms with van der Waals surface area (Å²) in [5, 5.41) is 2.29. The second-order valence-corrected chi connectivity index (χ2v) is 14.2. The predicted molar refractivity (Wildman–Crippen MR) is 236 cm³/mol. The summed E-state index contributed by atoms with van der Waals surface area (Å²) in [6.45, 7) is 0. The highest BCUT2D eigenvalue weighted by Gasteiger charge is 2.15. The van der Waals surface area contributed by atoms with Gasteiger partial charge in [0.25, 0.3) is 0 Å². The van der Waals surface area contributed by atoms with Crippen LogP contribution in [0, 0.1) is 0 Å². The summed E-state index contributed by atoms with van der Waals surface area (Å²) in [7, 11) is 0. The van der Waals surface area contributed by atoms with Gasteiger partial charge in [0, 0.05) is 27.8 Å². The summed E-state index contributed by atoms with van der Waals surface area (Å²) in [6, 6.07) is 80.1. The summed E-state index contributed by atoms with van der Waals surface area (Å²) in [6.07, 6.45) is 0. The highest BCUT2D eigenvalue weighted by atomic mass is 16.3. The number of rotatable bonds is 8. The van der Waals surface area contributed by atoms with E-state index in [0.717, 1.165) is 39.0 Å². The Bertz CT molecular complexity index is 2890. The van der Waals surface area contributed by atoms with E-state index in [4.69, 9.17) is 4.42 Å². The molecule has 1 aromatic heterocycles. The summed E-state index contributed by atoms with van der Waals surface area (Å²) in [5.41, 5.74) is 17.1. The first-order valence-electron chi connectivity index (χ1n) is 19.1. The van der Waals surface area contributed by atoms with E-state index >= 15 is 0 Å². The third-order valence-corrected chi connectivity index (χ3v) is 10.7. The first-order valence-corrected chi connectivity index (χ1v) is 19.1. The van der Waals surface area contributed by atoms with Gasteiger partial charge in [0.05, 0.1) is 0 Å². The zero-order valence-electron chi connectivity index (χ0n) is 30.7. The molecule has 0 radical (unpaired) electrons. The predicted octanol–water partition coefficient (Wildman–Crippen LogP) is 15.4.